The van der Waals surface area contributed by atoms with Crippen LogP contribution in [0.1, 0.15) is 150 Å². The molecule has 8 heteroatoms. The number of ether oxygens (including phenoxy) is 4. The predicted molar refractivity (Wildman–Crippen MR) is 256 cm³/mol. The van der Waals surface area contributed by atoms with Gasteiger partial charge in [-0.1, -0.05) is 152 Å². The van der Waals surface area contributed by atoms with Gasteiger partial charge >= 0.3 is 13.1 Å². The standard InChI is InChI=1S/C54H77BO7/c1-48(2,3)32-51(10,11)40-18-26-44(27-19-40)59-35-54(38-62-47(56)39-16-24-43(25-17-39)55(57)58,36-60-45-28-20-41(21-29-45)52(12,13)33-49(4,5)6)37-61-46-30-22-42(23-31-46)53(14,15)34-50(7,8)9/h16-31,57-58H,32-38H2,1-15H3. The summed E-state index contributed by atoms with van der Waals surface area (Å²) in [5.41, 5.74) is 3.70. The van der Waals surface area contributed by atoms with Crippen molar-refractivity contribution in [3.05, 3.63) is 119 Å². The van der Waals surface area contributed by atoms with Crippen LogP contribution in [-0.4, -0.2) is 49.6 Å². The third-order valence-electron chi connectivity index (χ3n) is 11.4. The Morgan fingerprint density at radius 3 is 0.984 bits per heavy atom. The summed E-state index contributed by atoms with van der Waals surface area (Å²) in [6.07, 6.45) is 3.07. The van der Waals surface area contributed by atoms with Crippen LogP contribution in [-0.2, 0) is 21.0 Å². The SMILES string of the molecule is CC(C)(C)CC(C)(C)c1ccc(OCC(COC(=O)c2ccc(B(O)O)cc2)(COc2ccc(C(C)(C)CC(C)(C)C)cc2)COc2ccc(C(C)(C)CC(C)(C)C)cc2)cc1. The van der Waals surface area contributed by atoms with Gasteiger partial charge < -0.3 is 29.0 Å². The molecule has 0 saturated heterocycles. The quantitative estimate of drug-likeness (QED) is 0.0717. The number of carbonyl (C=O) groups is 1. The molecule has 62 heavy (non-hydrogen) atoms. The summed E-state index contributed by atoms with van der Waals surface area (Å²) in [5.74, 6) is 1.50. The second kappa shape index (κ2) is 19.6. The Bertz CT molecular complexity index is 1830. The molecule has 7 nitrogen and oxygen atoms in total. The number of benzene rings is 4. The highest BCUT2D eigenvalue weighted by atomic mass is 16.5. The zero-order valence-corrected chi connectivity index (χ0v) is 40.7. The van der Waals surface area contributed by atoms with E-state index in [2.05, 4.69) is 140 Å². The van der Waals surface area contributed by atoms with Crippen molar-refractivity contribution < 1.29 is 33.8 Å². The summed E-state index contributed by atoms with van der Waals surface area (Å²) in [5, 5.41) is 19.2. The van der Waals surface area contributed by atoms with Gasteiger partial charge in [-0.25, -0.2) is 4.79 Å². The lowest BCUT2D eigenvalue weighted by atomic mass is 9.72. The van der Waals surface area contributed by atoms with Crippen molar-refractivity contribution in [3.63, 3.8) is 0 Å². The van der Waals surface area contributed by atoms with E-state index in [-0.39, 0.29) is 69.9 Å². The molecule has 2 N–H and O–H groups in total. The van der Waals surface area contributed by atoms with E-state index < -0.39 is 18.5 Å². The van der Waals surface area contributed by atoms with Crippen LogP contribution >= 0.6 is 0 Å². The molecule has 4 aromatic rings. The zero-order valence-electron chi connectivity index (χ0n) is 40.7. The first-order chi connectivity index (χ1) is 28.5. The lowest BCUT2D eigenvalue weighted by molar-refractivity contribution is -0.0275. The Morgan fingerprint density at radius 1 is 0.435 bits per heavy atom. The molecule has 0 unspecified atom stereocenters. The number of carbonyl (C=O) groups excluding carboxylic acids is 1. The Hall–Kier alpha value is -4.27. The van der Waals surface area contributed by atoms with Crippen LogP contribution in [0.5, 0.6) is 17.2 Å². The fourth-order valence-electron chi connectivity index (χ4n) is 9.34. The smallest absolute Gasteiger partial charge is 0.488 e. The minimum absolute atomic E-state index is 0.0289. The lowest BCUT2D eigenvalue weighted by Crippen LogP contribution is -2.45. The topological polar surface area (TPSA) is 94.5 Å². The molecule has 4 aromatic carbocycles. The van der Waals surface area contributed by atoms with Crippen molar-refractivity contribution in [2.24, 2.45) is 21.7 Å². The second-order valence-corrected chi connectivity index (χ2v) is 23.4. The number of rotatable bonds is 19. The van der Waals surface area contributed by atoms with Crippen LogP contribution in [0.3, 0.4) is 0 Å². The minimum Gasteiger partial charge on any atom is -0.493 e. The molecule has 338 valence electrons. The fraction of sp³-hybridized carbons (Fsp3) is 0.537. The van der Waals surface area contributed by atoms with Crippen LogP contribution in [0, 0.1) is 21.7 Å². The molecule has 4 rings (SSSR count). The molecule has 0 aliphatic carbocycles. The van der Waals surface area contributed by atoms with E-state index in [4.69, 9.17) is 18.9 Å². The summed E-state index contributed by atoms with van der Waals surface area (Å²) >= 11 is 0. The second-order valence-electron chi connectivity index (χ2n) is 23.4. The predicted octanol–water partition coefficient (Wildman–Crippen LogP) is 11.9. The van der Waals surface area contributed by atoms with E-state index in [1.54, 1.807) is 0 Å². The molecule has 0 atom stereocenters. The number of esters is 1. The Balaban J connectivity index is 1.69. The highest BCUT2D eigenvalue weighted by Crippen LogP contribution is 2.40. The molecular formula is C54H77BO7. The van der Waals surface area contributed by atoms with Gasteiger partial charge in [-0.2, -0.15) is 0 Å². The Kier molecular flexibility index (Phi) is 16.0. The molecule has 0 heterocycles. The van der Waals surface area contributed by atoms with Crippen LogP contribution in [0.4, 0.5) is 0 Å². The van der Waals surface area contributed by atoms with Gasteiger partial charge in [0, 0.05) is 0 Å². The molecule has 0 amide bonds. The molecule has 0 radical (unpaired) electrons. The number of hydrogen-bond acceptors (Lipinski definition) is 7. The average molecular weight is 849 g/mol. The van der Waals surface area contributed by atoms with Gasteiger partial charge in [0.2, 0.25) is 0 Å². The zero-order chi connectivity index (χ0) is 46.4. The maximum absolute atomic E-state index is 13.6. The fourth-order valence-corrected chi connectivity index (χ4v) is 9.34. The maximum atomic E-state index is 13.6. The summed E-state index contributed by atoms with van der Waals surface area (Å²) in [4.78, 5) is 13.6. The highest BCUT2D eigenvalue weighted by Gasteiger charge is 2.37. The van der Waals surface area contributed by atoms with Crippen molar-refractivity contribution in [2.75, 3.05) is 26.4 Å². The molecule has 0 aliphatic heterocycles. The van der Waals surface area contributed by atoms with Crippen molar-refractivity contribution >= 4 is 18.6 Å². The Morgan fingerprint density at radius 2 is 0.726 bits per heavy atom. The van der Waals surface area contributed by atoms with E-state index in [0.29, 0.717) is 17.2 Å². The third kappa shape index (κ3) is 15.5. The normalized spacial score (nSPS) is 13.1. The monoisotopic (exact) mass is 849 g/mol. The maximum Gasteiger partial charge on any atom is 0.488 e. The van der Waals surface area contributed by atoms with Gasteiger partial charge in [-0.05, 0) is 122 Å². The van der Waals surface area contributed by atoms with Crippen molar-refractivity contribution in [2.45, 2.75) is 139 Å². The lowest BCUT2D eigenvalue weighted by Gasteiger charge is -2.34. The summed E-state index contributed by atoms with van der Waals surface area (Å²) in [7, 11) is -1.64. The highest BCUT2D eigenvalue weighted by molar-refractivity contribution is 6.58. The van der Waals surface area contributed by atoms with Crippen molar-refractivity contribution in [3.8, 4) is 17.2 Å². The third-order valence-corrected chi connectivity index (χ3v) is 11.4. The largest absolute Gasteiger partial charge is 0.493 e. The van der Waals surface area contributed by atoms with Gasteiger partial charge in [0.25, 0.3) is 0 Å². The van der Waals surface area contributed by atoms with Gasteiger partial charge in [0.1, 0.15) is 49.1 Å². The molecule has 0 saturated carbocycles. The first kappa shape index (κ1) is 50.4. The van der Waals surface area contributed by atoms with E-state index in [1.807, 2.05) is 36.4 Å². The summed E-state index contributed by atoms with van der Waals surface area (Å²) in [6.45, 7) is 34.3. The van der Waals surface area contributed by atoms with Gasteiger partial charge in [-0.15, -0.1) is 0 Å². The number of hydrogen-bond donors (Lipinski definition) is 2. The van der Waals surface area contributed by atoms with Gasteiger partial charge in [0.05, 0.1) is 5.56 Å². The van der Waals surface area contributed by atoms with Crippen LogP contribution in [0.15, 0.2) is 97.1 Å². The first-order valence-electron chi connectivity index (χ1n) is 22.3. The van der Waals surface area contributed by atoms with Crippen molar-refractivity contribution in [1.82, 2.24) is 0 Å². The van der Waals surface area contributed by atoms with Crippen LogP contribution in [0.25, 0.3) is 0 Å². The molecular weight excluding hydrogens is 771 g/mol. The van der Waals surface area contributed by atoms with E-state index in [9.17, 15) is 14.8 Å². The van der Waals surface area contributed by atoms with Crippen LogP contribution in [0.2, 0.25) is 0 Å². The molecule has 0 fully saturated rings. The summed E-state index contributed by atoms with van der Waals surface area (Å²) in [6, 6.07) is 30.9. The summed E-state index contributed by atoms with van der Waals surface area (Å²) < 4.78 is 25.9. The minimum atomic E-state index is -1.64. The van der Waals surface area contributed by atoms with Crippen LogP contribution < -0.4 is 19.7 Å². The average Bonchev–Trinajstić information content (AvgIpc) is 3.15. The van der Waals surface area contributed by atoms with Gasteiger partial charge in [-0.3, -0.25) is 0 Å². The van der Waals surface area contributed by atoms with E-state index >= 15 is 0 Å². The molecule has 0 spiro atoms. The van der Waals surface area contributed by atoms with E-state index in [0.717, 1.165) is 19.3 Å². The van der Waals surface area contributed by atoms with E-state index in [1.165, 1.54) is 41.0 Å². The van der Waals surface area contributed by atoms with Gasteiger partial charge in [0.15, 0.2) is 0 Å². The Labute approximate surface area is 375 Å². The first-order valence-corrected chi connectivity index (χ1v) is 22.3. The van der Waals surface area contributed by atoms with Crippen molar-refractivity contribution in [1.29, 1.82) is 0 Å². The molecule has 0 aromatic heterocycles. The molecule has 0 bridgehead atoms. The molecule has 0 aliphatic rings.